The van der Waals surface area contributed by atoms with Crippen molar-refractivity contribution in [1.82, 2.24) is 19.9 Å². The molecule has 0 saturated carbocycles. The van der Waals surface area contributed by atoms with Gasteiger partial charge in [0.05, 0.1) is 25.3 Å². The molecule has 25 heavy (non-hydrogen) atoms. The third-order valence-corrected chi connectivity index (χ3v) is 4.95. The van der Waals surface area contributed by atoms with E-state index in [1.54, 1.807) is 6.08 Å². The first-order valence-electron chi connectivity index (χ1n) is 9.12. The summed E-state index contributed by atoms with van der Waals surface area (Å²) in [6.45, 7) is 11.6. The van der Waals surface area contributed by atoms with Crippen LogP contribution in [0.4, 0.5) is 0 Å². The highest BCUT2D eigenvalue weighted by Gasteiger charge is 2.41. The van der Waals surface area contributed by atoms with Crippen molar-refractivity contribution in [1.29, 1.82) is 0 Å². The van der Waals surface area contributed by atoms with Gasteiger partial charge in [0.25, 0.3) is 0 Å². The summed E-state index contributed by atoms with van der Waals surface area (Å²) in [5, 5.41) is 4.02. The lowest BCUT2D eigenvalue weighted by atomic mass is 10.1. The van der Waals surface area contributed by atoms with E-state index in [1.165, 1.54) is 0 Å². The smallest absolute Gasteiger partial charge is 0.246 e. The fraction of sp³-hybridized carbons (Fsp3) is 0.722. The number of rotatable bonds is 5. The Bertz CT molecular complexity index is 640. The Hall–Kier alpha value is -1.73. The minimum atomic E-state index is 0.0560. The Kier molecular flexibility index (Phi) is 5.54. The number of morpholine rings is 1. The van der Waals surface area contributed by atoms with E-state index < -0.39 is 0 Å². The van der Waals surface area contributed by atoms with E-state index in [-0.39, 0.29) is 24.0 Å². The molecule has 3 rings (SSSR count). The lowest BCUT2D eigenvalue weighted by molar-refractivity contribution is -0.137. The predicted octanol–water partition coefficient (Wildman–Crippen LogP) is 1.96. The molecule has 2 fully saturated rings. The number of nitrogens with zero attached hydrogens (tertiary/aromatic N) is 4. The molecule has 7 nitrogen and oxygen atoms in total. The van der Waals surface area contributed by atoms with Crippen LogP contribution in [0.1, 0.15) is 51.7 Å². The van der Waals surface area contributed by atoms with Gasteiger partial charge in [-0.25, -0.2) is 0 Å². The number of likely N-dealkylation sites (tertiary alicyclic amines) is 1. The number of allylic oxidation sites excluding steroid dienone is 1. The second kappa shape index (κ2) is 7.66. The van der Waals surface area contributed by atoms with Crippen LogP contribution in [-0.4, -0.2) is 64.2 Å². The molecule has 0 spiro atoms. The fourth-order valence-corrected chi connectivity index (χ4v) is 3.32. The Morgan fingerprint density at radius 1 is 1.40 bits per heavy atom. The van der Waals surface area contributed by atoms with Crippen LogP contribution in [0.25, 0.3) is 0 Å². The zero-order chi connectivity index (χ0) is 18.0. The van der Waals surface area contributed by atoms with E-state index in [2.05, 4.69) is 22.0 Å². The standard InChI is InChI=1S/C18H28N4O3/c1-5-13(4)8-17(23)22-6-7-24-15-10-21(9-14(15)22)11-16-19-18(12(2)3)20-25-16/h8,12,14-15H,5-7,9-11H2,1-4H3/b13-8-/t14-,15+/m0/s1. The van der Waals surface area contributed by atoms with E-state index >= 15 is 0 Å². The molecule has 0 unspecified atom stereocenters. The van der Waals surface area contributed by atoms with E-state index in [0.29, 0.717) is 25.6 Å². The summed E-state index contributed by atoms with van der Waals surface area (Å²) in [6.07, 6.45) is 2.71. The van der Waals surface area contributed by atoms with Gasteiger partial charge in [-0.1, -0.05) is 31.5 Å². The van der Waals surface area contributed by atoms with Gasteiger partial charge in [0.15, 0.2) is 5.82 Å². The molecule has 0 aromatic carbocycles. The summed E-state index contributed by atoms with van der Waals surface area (Å²) in [5.41, 5.74) is 1.11. The van der Waals surface area contributed by atoms with Crippen molar-refractivity contribution < 1.29 is 14.1 Å². The van der Waals surface area contributed by atoms with Crippen molar-refractivity contribution in [2.45, 2.75) is 58.7 Å². The highest BCUT2D eigenvalue weighted by atomic mass is 16.5. The van der Waals surface area contributed by atoms with Crippen LogP contribution < -0.4 is 0 Å². The number of hydrogen-bond acceptors (Lipinski definition) is 6. The molecule has 0 radical (unpaired) electrons. The molecule has 7 heteroatoms. The lowest BCUT2D eigenvalue weighted by Crippen LogP contribution is -2.52. The minimum absolute atomic E-state index is 0.0560. The molecule has 1 aromatic heterocycles. The number of fused-ring (bicyclic) bond motifs is 1. The number of carbonyl (C=O) groups is 1. The lowest BCUT2D eigenvalue weighted by Gasteiger charge is -2.36. The van der Waals surface area contributed by atoms with Crippen LogP contribution in [0, 0.1) is 0 Å². The topological polar surface area (TPSA) is 71.7 Å². The van der Waals surface area contributed by atoms with E-state index in [4.69, 9.17) is 9.26 Å². The molecule has 1 aromatic rings. The van der Waals surface area contributed by atoms with Gasteiger partial charge >= 0.3 is 0 Å². The normalized spacial score (nSPS) is 24.8. The number of carbonyl (C=O) groups excluding carboxylic acids is 1. The van der Waals surface area contributed by atoms with E-state index in [9.17, 15) is 4.79 Å². The number of aromatic nitrogens is 2. The second-order valence-electron chi connectivity index (χ2n) is 7.25. The average molecular weight is 348 g/mol. The van der Waals surface area contributed by atoms with Gasteiger partial charge in [-0.05, 0) is 13.3 Å². The summed E-state index contributed by atoms with van der Waals surface area (Å²) in [6, 6.07) is 0.0923. The maximum Gasteiger partial charge on any atom is 0.246 e. The van der Waals surface area contributed by atoms with Crippen LogP contribution >= 0.6 is 0 Å². The Morgan fingerprint density at radius 2 is 2.20 bits per heavy atom. The molecular weight excluding hydrogens is 320 g/mol. The van der Waals surface area contributed by atoms with Gasteiger partial charge in [-0.15, -0.1) is 0 Å². The summed E-state index contributed by atoms with van der Waals surface area (Å²) >= 11 is 0. The summed E-state index contributed by atoms with van der Waals surface area (Å²) in [5.74, 6) is 1.71. The molecule has 138 valence electrons. The van der Waals surface area contributed by atoms with Gasteiger partial charge in [0.1, 0.15) is 0 Å². The van der Waals surface area contributed by atoms with Crippen LogP contribution in [0.5, 0.6) is 0 Å². The first-order valence-corrected chi connectivity index (χ1v) is 9.12. The summed E-state index contributed by atoms with van der Waals surface area (Å²) < 4.78 is 11.3. The monoisotopic (exact) mass is 348 g/mol. The molecule has 2 aliphatic rings. The molecule has 0 bridgehead atoms. The molecule has 2 saturated heterocycles. The molecule has 0 aliphatic carbocycles. The van der Waals surface area contributed by atoms with Crippen molar-refractivity contribution >= 4 is 5.91 Å². The zero-order valence-corrected chi connectivity index (χ0v) is 15.6. The molecular formula is C18H28N4O3. The van der Waals surface area contributed by atoms with Crippen molar-refractivity contribution in [3.8, 4) is 0 Å². The summed E-state index contributed by atoms with van der Waals surface area (Å²) in [7, 11) is 0. The van der Waals surface area contributed by atoms with E-state index in [0.717, 1.165) is 30.9 Å². The Balaban J connectivity index is 1.65. The first-order chi connectivity index (χ1) is 12.0. The van der Waals surface area contributed by atoms with Gasteiger partial charge in [0, 0.05) is 31.6 Å². The van der Waals surface area contributed by atoms with E-state index in [1.807, 2.05) is 25.7 Å². The van der Waals surface area contributed by atoms with Crippen molar-refractivity contribution in [2.75, 3.05) is 26.2 Å². The Morgan fingerprint density at radius 3 is 2.88 bits per heavy atom. The highest BCUT2D eigenvalue weighted by Crippen LogP contribution is 2.25. The van der Waals surface area contributed by atoms with Crippen LogP contribution in [0.15, 0.2) is 16.2 Å². The van der Waals surface area contributed by atoms with Crippen molar-refractivity contribution in [2.24, 2.45) is 0 Å². The quantitative estimate of drug-likeness (QED) is 0.758. The van der Waals surface area contributed by atoms with Gasteiger partial charge < -0.3 is 14.2 Å². The third-order valence-electron chi connectivity index (χ3n) is 4.95. The largest absolute Gasteiger partial charge is 0.373 e. The van der Waals surface area contributed by atoms with Crippen LogP contribution in [0.2, 0.25) is 0 Å². The van der Waals surface area contributed by atoms with Crippen molar-refractivity contribution in [3.63, 3.8) is 0 Å². The Labute approximate surface area is 149 Å². The average Bonchev–Trinajstić information content (AvgIpc) is 3.20. The molecule has 2 atom stereocenters. The minimum Gasteiger partial charge on any atom is -0.373 e. The third kappa shape index (κ3) is 4.10. The maximum absolute atomic E-state index is 12.6. The molecule has 0 N–H and O–H groups in total. The SMILES string of the molecule is CC/C(C)=C\C(=O)N1CCO[C@@H]2CN(Cc3nc(C(C)C)no3)C[C@@H]21. The number of hydrogen-bond donors (Lipinski definition) is 0. The molecule has 3 heterocycles. The number of amides is 1. The van der Waals surface area contributed by atoms with Crippen molar-refractivity contribution in [3.05, 3.63) is 23.4 Å². The van der Waals surface area contributed by atoms with Gasteiger partial charge in [-0.2, -0.15) is 4.98 Å². The molecule has 2 aliphatic heterocycles. The predicted molar refractivity (Wildman–Crippen MR) is 93.0 cm³/mol. The maximum atomic E-state index is 12.6. The van der Waals surface area contributed by atoms with Gasteiger partial charge in [0.2, 0.25) is 11.8 Å². The first kappa shape index (κ1) is 18.1. The van der Waals surface area contributed by atoms with Gasteiger partial charge in [-0.3, -0.25) is 9.69 Å². The second-order valence-corrected chi connectivity index (χ2v) is 7.25. The highest BCUT2D eigenvalue weighted by molar-refractivity contribution is 5.88. The fourth-order valence-electron chi connectivity index (χ4n) is 3.32. The molecule has 1 amide bonds. The zero-order valence-electron chi connectivity index (χ0n) is 15.6. The summed E-state index contributed by atoms with van der Waals surface area (Å²) in [4.78, 5) is 21.2. The van der Waals surface area contributed by atoms with Crippen LogP contribution in [0.3, 0.4) is 0 Å². The number of ether oxygens (including phenoxy) is 1. The van der Waals surface area contributed by atoms with Crippen LogP contribution in [-0.2, 0) is 16.1 Å².